The van der Waals surface area contributed by atoms with Crippen LogP contribution in [0.2, 0.25) is 0 Å². The van der Waals surface area contributed by atoms with Crippen molar-refractivity contribution in [3.05, 3.63) is 42.5 Å². The minimum atomic E-state index is -0.0858. The van der Waals surface area contributed by atoms with Crippen LogP contribution in [0.1, 0.15) is 5.69 Å². The Kier molecular flexibility index (Phi) is 5.59. The van der Waals surface area contributed by atoms with Crippen LogP contribution < -0.4 is 19.8 Å². The van der Waals surface area contributed by atoms with Gasteiger partial charge in [-0.25, -0.2) is 20.4 Å². The zero-order valence-corrected chi connectivity index (χ0v) is 17.0. The molecule has 2 aromatic heterocycles. The standard InChI is InChI=1S/C20H23N7O3/c1-26-12-13(9-23-26)17-10-21-18-11-22-20(25-19(18)24-17)27(4-5-28)14-6-15(29-2)8-16(7-14)30-3/h6-8,10-12,23,28H,4-5,9H2,1-3H3. The van der Waals surface area contributed by atoms with Gasteiger partial charge in [-0.1, -0.05) is 0 Å². The number of ether oxygens (including phenoxy) is 2. The maximum Gasteiger partial charge on any atom is 0.232 e. The number of rotatable bonds is 7. The van der Waals surface area contributed by atoms with E-state index in [-0.39, 0.29) is 13.2 Å². The van der Waals surface area contributed by atoms with E-state index in [1.165, 1.54) is 0 Å². The van der Waals surface area contributed by atoms with Crippen molar-refractivity contribution >= 4 is 28.4 Å². The molecule has 30 heavy (non-hydrogen) atoms. The lowest BCUT2D eigenvalue weighted by molar-refractivity contribution is 0.305. The number of aliphatic hydroxyl groups is 1. The molecule has 0 atom stereocenters. The Labute approximate surface area is 173 Å². The number of hydrogen-bond acceptors (Lipinski definition) is 10. The number of hydrazine groups is 1. The second kappa shape index (κ2) is 8.47. The molecule has 1 aromatic carbocycles. The van der Waals surface area contributed by atoms with Crippen LogP contribution in [0.25, 0.3) is 16.7 Å². The quantitative estimate of drug-likeness (QED) is 0.594. The molecular formula is C20H23N7O3. The molecule has 156 valence electrons. The summed E-state index contributed by atoms with van der Waals surface area (Å²) < 4.78 is 10.7. The molecule has 0 saturated carbocycles. The first-order valence-corrected chi connectivity index (χ1v) is 9.40. The van der Waals surface area contributed by atoms with Gasteiger partial charge in [-0.05, 0) is 0 Å². The number of methoxy groups -OCH3 is 2. The SMILES string of the molecule is COc1cc(OC)cc(N(CCO)c2ncc3ncc(C4=CN(C)NC4)nc3n2)c1. The molecule has 0 unspecified atom stereocenters. The highest BCUT2D eigenvalue weighted by Crippen LogP contribution is 2.31. The lowest BCUT2D eigenvalue weighted by Crippen LogP contribution is -2.24. The molecular weight excluding hydrogens is 386 g/mol. The van der Waals surface area contributed by atoms with Crippen molar-refractivity contribution in [2.75, 3.05) is 45.9 Å². The maximum absolute atomic E-state index is 9.63. The van der Waals surface area contributed by atoms with Gasteiger partial charge in [-0.2, -0.15) is 4.98 Å². The van der Waals surface area contributed by atoms with Crippen LogP contribution in [0.3, 0.4) is 0 Å². The minimum Gasteiger partial charge on any atom is -0.497 e. The summed E-state index contributed by atoms with van der Waals surface area (Å²) >= 11 is 0. The van der Waals surface area contributed by atoms with Gasteiger partial charge < -0.3 is 24.5 Å². The number of aromatic nitrogens is 4. The molecule has 0 amide bonds. The summed E-state index contributed by atoms with van der Waals surface area (Å²) in [6.07, 6.45) is 5.32. The van der Waals surface area contributed by atoms with Crippen LogP contribution in [0.4, 0.5) is 11.6 Å². The Morgan fingerprint density at radius 2 is 1.87 bits per heavy atom. The van der Waals surface area contributed by atoms with Gasteiger partial charge in [0, 0.05) is 50.1 Å². The van der Waals surface area contributed by atoms with E-state index >= 15 is 0 Å². The summed E-state index contributed by atoms with van der Waals surface area (Å²) in [7, 11) is 5.10. The van der Waals surface area contributed by atoms with Crippen LogP contribution >= 0.6 is 0 Å². The smallest absolute Gasteiger partial charge is 0.232 e. The Hall–Kier alpha value is -3.50. The number of nitrogens with zero attached hydrogens (tertiary/aromatic N) is 6. The van der Waals surface area contributed by atoms with E-state index < -0.39 is 0 Å². The summed E-state index contributed by atoms with van der Waals surface area (Å²) in [6.45, 7) is 0.876. The summed E-state index contributed by atoms with van der Waals surface area (Å²) in [6, 6.07) is 5.44. The van der Waals surface area contributed by atoms with Gasteiger partial charge >= 0.3 is 0 Å². The first kappa shape index (κ1) is 19.8. The predicted octanol–water partition coefficient (Wildman–Crippen LogP) is 1.36. The fourth-order valence-corrected chi connectivity index (χ4v) is 3.17. The van der Waals surface area contributed by atoms with Gasteiger partial charge in [0.2, 0.25) is 5.95 Å². The number of benzene rings is 1. The first-order chi connectivity index (χ1) is 14.6. The van der Waals surface area contributed by atoms with E-state index in [9.17, 15) is 5.11 Å². The summed E-state index contributed by atoms with van der Waals surface area (Å²) in [5.41, 5.74) is 6.76. The van der Waals surface area contributed by atoms with Crippen LogP contribution in [0.5, 0.6) is 11.5 Å². The van der Waals surface area contributed by atoms with Crippen molar-refractivity contribution in [1.29, 1.82) is 0 Å². The van der Waals surface area contributed by atoms with Crippen LogP contribution in [-0.4, -0.2) is 71.0 Å². The Bertz CT molecular complexity index is 1070. The Balaban J connectivity index is 1.76. The lowest BCUT2D eigenvalue weighted by Gasteiger charge is -2.23. The molecule has 1 aliphatic rings. The number of hydrogen-bond donors (Lipinski definition) is 2. The minimum absolute atomic E-state index is 0.0858. The van der Waals surface area contributed by atoms with Crippen molar-refractivity contribution in [3.8, 4) is 11.5 Å². The molecule has 1 aliphatic heterocycles. The summed E-state index contributed by atoms with van der Waals surface area (Å²) in [5, 5.41) is 11.5. The number of nitrogens with one attached hydrogen (secondary N) is 1. The average molecular weight is 409 g/mol. The highest BCUT2D eigenvalue weighted by atomic mass is 16.5. The molecule has 10 heteroatoms. The summed E-state index contributed by atoms with van der Waals surface area (Å²) in [5.74, 6) is 1.65. The summed E-state index contributed by atoms with van der Waals surface area (Å²) in [4.78, 5) is 19.9. The fourth-order valence-electron chi connectivity index (χ4n) is 3.17. The van der Waals surface area contributed by atoms with Gasteiger partial charge in [0.1, 0.15) is 17.0 Å². The van der Waals surface area contributed by atoms with Crippen LogP contribution in [0.15, 0.2) is 36.8 Å². The number of aliphatic hydroxyl groups excluding tert-OH is 1. The van der Waals surface area contributed by atoms with E-state index in [1.807, 2.05) is 30.4 Å². The Morgan fingerprint density at radius 1 is 1.10 bits per heavy atom. The van der Waals surface area contributed by atoms with Crippen LogP contribution in [-0.2, 0) is 0 Å². The average Bonchev–Trinajstić information content (AvgIpc) is 3.22. The second-order valence-corrected chi connectivity index (χ2v) is 6.68. The van der Waals surface area contributed by atoms with E-state index in [0.717, 1.165) is 17.0 Å². The third kappa shape index (κ3) is 3.95. The van der Waals surface area contributed by atoms with Crippen LogP contribution in [0, 0.1) is 0 Å². The van der Waals surface area contributed by atoms with Crippen molar-refractivity contribution < 1.29 is 14.6 Å². The van der Waals surface area contributed by atoms with Crippen molar-refractivity contribution in [2.24, 2.45) is 0 Å². The molecule has 2 N–H and O–H groups in total. The third-order valence-electron chi connectivity index (χ3n) is 4.70. The predicted molar refractivity (Wildman–Crippen MR) is 113 cm³/mol. The van der Waals surface area contributed by atoms with Gasteiger partial charge in [0.05, 0.1) is 44.6 Å². The number of anilines is 2. The van der Waals surface area contributed by atoms with Crippen molar-refractivity contribution in [2.45, 2.75) is 0 Å². The van der Waals surface area contributed by atoms with E-state index in [4.69, 9.17) is 9.47 Å². The number of fused-ring (bicyclic) bond motifs is 1. The molecule has 3 aromatic rings. The highest BCUT2D eigenvalue weighted by Gasteiger charge is 2.17. The second-order valence-electron chi connectivity index (χ2n) is 6.68. The molecule has 0 aliphatic carbocycles. The molecule has 0 radical (unpaired) electrons. The first-order valence-electron chi connectivity index (χ1n) is 9.40. The van der Waals surface area contributed by atoms with Crippen molar-refractivity contribution in [3.63, 3.8) is 0 Å². The van der Waals surface area contributed by atoms with Crippen molar-refractivity contribution in [1.82, 2.24) is 30.4 Å². The maximum atomic E-state index is 9.63. The lowest BCUT2D eigenvalue weighted by atomic mass is 10.2. The Morgan fingerprint density at radius 3 is 2.50 bits per heavy atom. The highest BCUT2D eigenvalue weighted by molar-refractivity contribution is 5.75. The molecule has 0 spiro atoms. The molecule has 4 rings (SSSR count). The molecule has 0 bridgehead atoms. The molecule has 10 nitrogen and oxygen atoms in total. The topological polar surface area (TPSA) is 109 Å². The monoisotopic (exact) mass is 409 g/mol. The zero-order valence-electron chi connectivity index (χ0n) is 17.0. The normalized spacial score (nSPS) is 13.5. The largest absolute Gasteiger partial charge is 0.497 e. The van der Waals surface area contributed by atoms with Gasteiger partial charge in [0.25, 0.3) is 0 Å². The molecule has 0 saturated heterocycles. The fraction of sp³-hybridized carbons (Fsp3) is 0.300. The third-order valence-corrected chi connectivity index (χ3v) is 4.70. The van der Waals surface area contributed by atoms with E-state index in [2.05, 4.69) is 25.4 Å². The van der Waals surface area contributed by atoms with Gasteiger partial charge in [-0.15, -0.1) is 0 Å². The van der Waals surface area contributed by atoms with Gasteiger partial charge in [-0.3, -0.25) is 0 Å². The molecule has 0 fully saturated rings. The van der Waals surface area contributed by atoms with E-state index in [0.29, 0.717) is 35.2 Å². The van der Waals surface area contributed by atoms with E-state index in [1.54, 1.807) is 37.6 Å². The van der Waals surface area contributed by atoms with Gasteiger partial charge in [0.15, 0.2) is 5.65 Å². The molecule has 3 heterocycles. The zero-order chi connectivity index (χ0) is 21.1.